The van der Waals surface area contributed by atoms with E-state index in [4.69, 9.17) is 10.6 Å². The second-order valence-electron chi connectivity index (χ2n) is 5.62. The van der Waals surface area contributed by atoms with E-state index in [-0.39, 0.29) is 6.04 Å². The molecule has 1 aliphatic rings. The lowest BCUT2D eigenvalue weighted by atomic mass is 9.89. The van der Waals surface area contributed by atoms with Crippen molar-refractivity contribution in [3.05, 3.63) is 48.0 Å². The van der Waals surface area contributed by atoms with E-state index >= 15 is 0 Å². The van der Waals surface area contributed by atoms with E-state index in [1.165, 1.54) is 16.3 Å². The fraction of sp³-hybridized carbons (Fsp3) is 0.412. The molecule has 3 N–H and O–H groups in total. The monoisotopic (exact) mass is 270 g/mol. The van der Waals surface area contributed by atoms with Crippen molar-refractivity contribution in [1.82, 2.24) is 5.43 Å². The average Bonchev–Trinajstić information content (AvgIpc) is 2.53. The molecule has 1 saturated heterocycles. The first kappa shape index (κ1) is 13.6. The summed E-state index contributed by atoms with van der Waals surface area (Å²) in [5.74, 6) is 6.49. The Labute approximate surface area is 120 Å². The van der Waals surface area contributed by atoms with Gasteiger partial charge in [0.2, 0.25) is 0 Å². The molecule has 1 atom stereocenters. The van der Waals surface area contributed by atoms with Crippen LogP contribution in [-0.4, -0.2) is 13.2 Å². The molecule has 0 aromatic heterocycles. The second kappa shape index (κ2) is 6.35. The maximum absolute atomic E-state index is 5.78. The molecule has 1 aliphatic heterocycles. The number of fused-ring (bicyclic) bond motifs is 1. The average molecular weight is 270 g/mol. The summed E-state index contributed by atoms with van der Waals surface area (Å²) in [4.78, 5) is 0. The minimum Gasteiger partial charge on any atom is -0.381 e. The summed E-state index contributed by atoms with van der Waals surface area (Å²) in [5, 5.41) is 2.55. The number of ether oxygens (including phenoxy) is 1. The van der Waals surface area contributed by atoms with Crippen LogP contribution in [0.4, 0.5) is 0 Å². The molecule has 2 aromatic carbocycles. The van der Waals surface area contributed by atoms with Crippen LogP contribution in [0, 0.1) is 5.92 Å². The van der Waals surface area contributed by atoms with E-state index in [0.717, 1.165) is 32.5 Å². The third-order valence-electron chi connectivity index (χ3n) is 4.29. The zero-order valence-electron chi connectivity index (χ0n) is 11.7. The van der Waals surface area contributed by atoms with Crippen LogP contribution in [0.1, 0.15) is 30.9 Å². The molecule has 1 fully saturated rings. The van der Waals surface area contributed by atoms with Gasteiger partial charge in [-0.2, -0.15) is 0 Å². The SMILES string of the molecule is NNC(CC1CCOCC1)c1ccc2ccccc2c1. The van der Waals surface area contributed by atoms with Gasteiger partial charge in [-0.3, -0.25) is 11.3 Å². The molecule has 0 aliphatic carbocycles. The third kappa shape index (κ3) is 3.01. The largest absolute Gasteiger partial charge is 0.381 e. The molecule has 1 heterocycles. The second-order valence-corrected chi connectivity index (χ2v) is 5.62. The number of benzene rings is 2. The summed E-state index contributed by atoms with van der Waals surface area (Å²) in [7, 11) is 0. The summed E-state index contributed by atoms with van der Waals surface area (Å²) in [6.07, 6.45) is 3.37. The highest BCUT2D eigenvalue weighted by Crippen LogP contribution is 2.28. The van der Waals surface area contributed by atoms with E-state index in [1.54, 1.807) is 0 Å². The van der Waals surface area contributed by atoms with Crippen LogP contribution < -0.4 is 11.3 Å². The number of hydrogen-bond acceptors (Lipinski definition) is 3. The lowest BCUT2D eigenvalue weighted by molar-refractivity contribution is 0.0605. The molecule has 106 valence electrons. The van der Waals surface area contributed by atoms with Crippen LogP contribution in [0.5, 0.6) is 0 Å². The maximum atomic E-state index is 5.78. The lowest BCUT2D eigenvalue weighted by Crippen LogP contribution is -2.31. The first-order valence-electron chi connectivity index (χ1n) is 7.39. The number of hydrazine groups is 1. The minimum absolute atomic E-state index is 0.225. The zero-order valence-corrected chi connectivity index (χ0v) is 11.7. The zero-order chi connectivity index (χ0) is 13.8. The quantitative estimate of drug-likeness (QED) is 0.662. The Morgan fingerprint density at radius 3 is 2.60 bits per heavy atom. The number of rotatable bonds is 4. The van der Waals surface area contributed by atoms with Crippen molar-refractivity contribution in [2.45, 2.75) is 25.3 Å². The summed E-state index contributed by atoms with van der Waals surface area (Å²) in [5.41, 5.74) is 4.27. The van der Waals surface area contributed by atoms with Crippen molar-refractivity contribution in [3.8, 4) is 0 Å². The van der Waals surface area contributed by atoms with Crippen molar-refractivity contribution in [3.63, 3.8) is 0 Å². The predicted molar refractivity (Wildman–Crippen MR) is 82.2 cm³/mol. The number of hydrogen-bond donors (Lipinski definition) is 2. The molecule has 0 radical (unpaired) electrons. The Morgan fingerprint density at radius 2 is 1.85 bits per heavy atom. The van der Waals surface area contributed by atoms with Gasteiger partial charge in [-0.1, -0.05) is 36.4 Å². The van der Waals surface area contributed by atoms with Crippen LogP contribution in [0.2, 0.25) is 0 Å². The van der Waals surface area contributed by atoms with E-state index < -0.39 is 0 Å². The summed E-state index contributed by atoms with van der Waals surface area (Å²) in [6, 6.07) is 15.3. The minimum atomic E-state index is 0.225. The van der Waals surface area contributed by atoms with Crippen LogP contribution >= 0.6 is 0 Å². The lowest BCUT2D eigenvalue weighted by Gasteiger charge is -2.26. The smallest absolute Gasteiger partial charge is 0.0468 e. The van der Waals surface area contributed by atoms with Crippen LogP contribution in [0.3, 0.4) is 0 Å². The first-order chi connectivity index (χ1) is 9.86. The van der Waals surface area contributed by atoms with E-state index in [1.807, 2.05) is 0 Å². The van der Waals surface area contributed by atoms with Crippen molar-refractivity contribution >= 4 is 10.8 Å². The standard InChI is InChI=1S/C17H22N2O/c18-19-17(11-13-7-9-20-10-8-13)16-6-5-14-3-1-2-4-15(14)12-16/h1-6,12-13,17,19H,7-11,18H2. The molecule has 1 unspecified atom stereocenters. The van der Waals surface area contributed by atoms with Gasteiger partial charge >= 0.3 is 0 Å². The van der Waals surface area contributed by atoms with Crippen molar-refractivity contribution in [2.75, 3.05) is 13.2 Å². The van der Waals surface area contributed by atoms with Crippen molar-refractivity contribution in [1.29, 1.82) is 0 Å². The molecule has 3 heteroatoms. The summed E-state index contributed by atoms with van der Waals surface area (Å²) in [6.45, 7) is 1.78. The van der Waals surface area contributed by atoms with E-state index in [2.05, 4.69) is 47.9 Å². The molecular weight excluding hydrogens is 248 g/mol. The fourth-order valence-electron chi connectivity index (χ4n) is 3.04. The highest BCUT2D eigenvalue weighted by atomic mass is 16.5. The molecule has 2 aromatic rings. The Morgan fingerprint density at radius 1 is 1.10 bits per heavy atom. The molecule has 3 rings (SSSR count). The van der Waals surface area contributed by atoms with Gasteiger partial charge in [-0.05, 0) is 47.6 Å². The summed E-state index contributed by atoms with van der Waals surface area (Å²) >= 11 is 0. The molecule has 20 heavy (non-hydrogen) atoms. The van der Waals surface area contributed by atoms with Gasteiger partial charge in [0.1, 0.15) is 0 Å². The number of nitrogens with two attached hydrogens (primary N) is 1. The van der Waals surface area contributed by atoms with Gasteiger partial charge in [0.25, 0.3) is 0 Å². The highest BCUT2D eigenvalue weighted by Gasteiger charge is 2.19. The van der Waals surface area contributed by atoms with E-state index in [0.29, 0.717) is 5.92 Å². The maximum Gasteiger partial charge on any atom is 0.0468 e. The van der Waals surface area contributed by atoms with Crippen LogP contribution in [0.25, 0.3) is 10.8 Å². The van der Waals surface area contributed by atoms with Gasteiger partial charge in [-0.25, -0.2) is 0 Å². The van der Waals surface area contributed by atoms with Crippen LogP contribution in [0.15, 0.2) is 42.5 Å². The van der Waals surface area contributed by atoms with Crippen LogP contribution in [-0.2, 0) is 4.74 Å². The molecular formula is C17H22N2O. The Hall–Kier alpha value is -1.42. The van der Waals surface area contributed by atoms with E-state index in [9.17, 15) is 0 Å². The molecule has 0 bridgehead atoms. The van der Waals surface area contributed by atoms with Gasteiger partial charge in [0, 0.05) is 19.3 Å². The van der Waals surface area contributed by atoms with Crippen molar-refractivity contribution < 1.29 is 4.74 Å². The number of nitrogens with one attached hydrogen (secondary N) is 1. The molecule has 0 amide bonds. The topological polar surface area (TPSA) is 47.3 Å². The predicted octanol–water partition coefficient (Wildman–Crippen LogP) is 3.16. The Balaban J connectivity index is 1.79. The molecule has 0 saturated carbocycles. The van der Waals surface area contributed by atoms with Gasteiger partial charge in [0.05, 0.1) is 0 Å². The first-order valence-corrected chi connectivity index (χ1v) is 7.39. The normalized spacial score (nSPS) is 18.2. The van der Waals surface area contributed by atoms with Gasteiger partial charge < -0.3 is 4.74 Å². The highest BCUT2D eigenvalue weighted by molar-refractivity contribution is 5.83. The molecule has 3 nitrogen and oxygen atoms in total. The van der Waals surface area contributed by atoms with Gasteiger partial charge in [-0.15, -0.1) is 0 Å². The van der Waals surface area contributed by atoms with Gasteiger partial charge in [0.15, 0.2) is 0 Å². The summed E-state index contributed by atoms with van der Waals surface area (Å²) < 4.78 is 5.43. The fourth-order valence-corrected chi connectivity index (χ4v) is 3.04. The van der Waals surface area contributed by atoms with Crippen molar-refractivity contribution in [2.24, 2.45) is 11.8 Å². The molecule has 0 spiro atoms. The Kier molecular flexibility index (Phi) is 4.31. The Bertz CT molecular complexity index is 564. The third-order valence-corrected chi connectivity index (χ3v) is 4.29.